The Morgan fingerprint density at radius 3 is 3.00 bits per heavy atom. The number of ether oxygens (including phenoxy) is 1. The highest BCUT2D eigenvalue weighted by molar-refractivity contribution is 6.17. The molecule has 0 atom stereocenters. The summed E-state index contributed by atoms with van der Waals surface area (Å²) in [5.74, 6) is 0.604. The summed E-state index contributed by atoms with van der Waals surface area (Å²) in [7, 11) is 2.29. The van der Waals surface area contributed by atoms with E-state index in [2.05, 4.69) is 0 Å². The molecule has 12 heavy (non-hydrogen) atoms. The molecule has 0 aliphatic rings. The summed E-state index contributed by atoms with van der Waals surface area (Å²) in [6.07, 6.45) is 0. The molecular weight excluding hydrogens is 155 g/mol. The van der Waals surface area contributed by atoms with Gasteiger partial charge in [0, 0.05) is 7.11 Å². The van der Waals surface area contributed by atoms with Gasteiger partial charge in [0.2, 0.25) is 0 Å². The minimum atomic E-state index is 0.544. The van der Waals surface area contributed by atoms with Gasteiger partial charge in [0.1, 0.15) is 5.75 Å². The molecule has 1 aromatic carbocycles. The van der Waals surface area contributed by atoms with Gasteiger partial charge in [0.15, 0.2) is 0 Å². The highest BCUT2D eigenvalue weighted by atomic mass is 16.5. The van der Waals surface area contributed by atoms with Crippen molar-refractivity contribution in [3.63, 3.8) is 0 Å². The first-order chi connectivity index (χ1) is 5.86. The Hall–Kier alpha value is -0.995. The highest BCUT2D eigenvalue weighted by Gasteiger charge is 1.96. The van der Waals surface area contributed by atoms with E-state index < -0.39 is 0 Å². The molecule has 0 bridgehead atoms. The maximum atomic E-state index is 8.36. The molecule has 0 amide bonds. The van der Waals surface area contributed by atoms with Crippen LogP contribution in [0.3, 0.4) is 0 Å². The molecule has 1 rings (SSSR count). The van der Waals surface area contributed by atoms with E-state index in [-0.39, 0.29) is 0 Å². The van der Waals surface area contributed by atoms with Crippen molar-refractivity contribution in [1.29, 1.82) is 0 Å². The quantitative estimate of drug-likeness (QED) is 0.668. The third-order valence-corrected chi connectivity index (χ3v) is 1.40. The maximum absolute atomic E-state index is 8.36. The summed E-state index contributed by atoms with van der Waals surface area (Å²) in [5, 5.41) is 8.36. The fraction of sp³-hybridized carbons (Fsp3) is 0.250. The second-order valence-corrected chi connectivity index (χ2v) is 2.30. The molecule has 1 N–H and O–H groups in total. The molecule has 4 heteroatoms. The van der Waals surface area contributed by atoms with Crippen molar-refractivity contribution >= 4 is 7.69 Å². The summed E-state index contributed by atoms with van der Waals surface area (Å²) in [6.45, 7) is 0.544. The average molecular weight is 165 g/mol. The molecule has 63 valence electrons. The summed E-state index contributed by atoms with van der Waals surface area (Å²) in [4.78, 5) is 0. The van der Waals surface area contributed by atoms with E-state index in [0.717, 1.165) is 5.56 Å². The van der Waals surface area contributed by atoms with Crippen LogP contribution in [0.1, 0.15) is 5.56 Å². The molecule has 0 aliphatic heterocycles. The fourth-order valence-corrected chi connectivity index (χ4v) is 0.936. The molecule has 0 aromatic heterocycles. The summed E-state index contributed by atoms with van der Waals surface area (Å²) >= 11 is 0. The van der Waals surface area contributed by atoms with Crippen LogP contribution in [0.4, 0.5) is 0 Å². The van der Waals surface area contributed by atoms with E-state index in [0.29, 0.717) is 20.0 Å². The van der Waals surface area contributed by atoms with Gasteiger partial charge in [0.05, 0.1) is 6.61 Å². The van der Waals surface area contributed by atoms with Crippen LogP contribution < -0.4 is 4.65 Å². The van der Waals surface area contributed by atoms with Gasteiger partial charge in [-0.05, 0) is 17.7 Å². The normalized spacial score (nSPS) is 9.50. The van der Waals surface area contributed by atoms with Gasteiger partial charge >= 0.3 is 7.69 Å². The smallest absolute Gasteiger partial charge is 0.537 e. The molecule has 0 spiro atoms. The largest absolute Gasteiger partial charge is 0.569 e. The zero-order chi connectivity index (χ0) is 8.81. The van der Waals surface area contributed by atoms with Crippen molar-refractivity contribution in [1.82, 2.24) is 0 Å². The standard InChI is InChI=1S/C8H10BO3/c1-11-6-7-3-2-4-8(5-7)12-9-10/h2-5,10H,6H2,1H3. The maximum Gasteiger partial charge on any atom is 0.569 e. The summed E-state index contributed by atoms with van der Waals surface area (Å²) in [6, 6.07) is 7.32. The molecule has 0 fully saturated rings. The molecule has 3 nitrogen and oxygen atoms in total. The molecule has 0 saturated carbocycles. The van der Waals surface area contributed by atoms with Crippen molar-refractivity contribution in [2.45, 2.75) is 6.61 Å². The van der Waals surface area contributed by atoms with Crippen molar-refractivity contribution in [2.75, 3.05) is 7.11 Å². The lowest BCUT2D eigenvalue weighted by molar-refractivity contribution is 0.184. The molecular formula is C8H10BO3. The number of hydrogen-bond donors (Lipinski definition) is 1. The number of rotatable bonds is 4. The second-order valence-electron chi connectivity index (χ2n) is 2.30. The van der Waals surface area contributed by atoms with Gasteiger partial charge in [-0.1, -0.05) is 12.1 Å². The van der Waals surface area contributed by atoms with Crippen LogP contribution in [0.2, 0.25) is 0 Å². The minimum absolute atomic E-state index is 0.544. The second kappa shape index (κ2) is 4.80. The van der Waals surface area contributed by atoms with Crippen molar-refractivity contribution in [3.05, 3.63) is 29.8 Å². The van der Waals surface area contributed by atoms with Crippen LogP contribution in [-0.4, -0.2) is 19.8 Å². The van der Waals surface area contributed by atoms with Crippen LogP contribution in [0.25, 0.3) is 0 Å². The first-order valence-corrected chi connectivity index (χ1v) is 3.57. The van der Waals surface area contributed by atoms with E-state index in [1.807, 2.05) is 12.1 Å². The molecule has 0 aliphatic carbocycles. The lowest BCUT2D eigenvalue weighted by atomic mass is 10.2. The number of benzene rings is 1. The number of hydrogen-bond acceptors (Lipinski definition) is 3. The predicted octanol–water partition coefficient (Wildman–Crippen LogP) is 0.738. The summed E-state index contributed by atoms with van der Waals surface area (Å²) in [5.41, 5.74) is 1.01. The molecule has 0 heterocycles. The fourth-order valence-electron chi connectivity index (χ4n) is 0.936. The number of methoxy groups -OCH3 is 1. The van der Waals surface area contributed by atoms with Crippen LogP contribution in [0.5, 0.6) is 5.75 Å². The first-order valence-electron chi connectivity index (χ1n) is 3.57. The Bertz CT molecular complexity index is 218. The van der Waals surface area contributed by atoms with Crippen molar-refractivity contribution in [3.8, 4) is 5.75 Å². The van der Waals surface area contributed by atoms with Gasteiger partial charge in [-0.3, -0.25) is 0 Å². The SMILES string of the molecule is COCc1cccc(O[B]O)c1. The zero-order valence-electron chi connectivity index (χ0n) is 6.86. The van der Waals surface area contributed by atoms with Crippen LogP contribution in [-0.2, 0) is 11.3 Å². The Morgan fingerprint density at radius 2 is 2.33 bits per heavy atom. The van der Waals surface area contributed by atoms with Crippen LogP contribution >= 0.6 is 0 Å². The van der Waals surface area contributed by atoms with Crippen LogP contribution in [0, 0.1) is 0 Å². The average Bonchev–Trinajstić information content (AvgIpc) is 2.06. The molecule has 0 saturated heterocycles. The van der Waals surface area contributed by atoms with Gasteiger partial charge < -0.3 is 14.4 Å². The van der Waals surface area contributed by atoms with Crippen LogP contribution in [0.15, 0.2) is 24.3 Å². The molecule has 1 aromatic rings. The third kappa shape index (κ3) is 2.56. The highest BCUT2D eigenvalue weighted by Crippen LogP contribution is 2.12. The van der Waals surface area contributed by atoms with E-state index in [1.54, 1.807) is 19.2 Å². The zero-order valence-corrected chi connectivity index (χ0v) is 6.86. The minimum Gasteiger partial charge on any atom is -0.537 e. The van der Waals surface area contributed by atoms with Gasteiger partial charge in [-0.25, -0.2) is 0 Å². The summed E-state index contributed by atoms with van der Waals surface area (Å²) < 4.78 is 9.70. The Kier molecular flexibility index (Phi) is 3.64. The molecule has 1 radical (unpaired) electrons. The predicted molar refractivity (Wildman–Crippen MR) is 45.8 cm³/mol. The van der Waals surface area contributed by atoms with E-state index in [1.165, 1.54) is 0 Å². The topological polar surface area (TPSA) is 38.7 Å². The monoisotopic (exact) mass is 165 g/mol. The van der Waals surface area contributed by atoms with Crippen molar-refractivity contribution < 1.29 is 14.4 Å². The van der Waals surface area contributed by atoms with Gasteiger partial charge in [-0.15, -0.1) is 0 Å². The van der Waals surface area contributed by atoms with Gasteiger partial charge in [0.25, 0.3) is 0 Å². The Labute approximate surface area is 72.2 Å². The van der Waals surface area contributed by atoms with Gasteiger partial charge in [-0.2, -0.15) is 0 Å². The Morgan fingerprint density at radius 1 is 1.50 bits per heavy atom. The van der Waals surface area contributed by atoms with Crippen molar-refractivity contribution in [2.24, 2.45) is 0 Å². The third-order valence-electron chi connectivity index (χ3n) is 1.40. The van der Waals surface area contributed by atoms with E-state index >= 15 is 0 Å². The Balaban J connectivity index is 2.67. The van der Waals surface area contributed by atoms with E-state index in [4.69, 9.17) is 14.4 Å². The molecule has 0 unspecified atom stereocenters. The first kappa shape index (κ1) is 9.10. The lowest BCUT2D eigenvalue weighted by Crippen LogP contribution is -2.00. The van der Waals surface area contributed by atoms with E-state index in [9.17, 15) is 0 Å². The lowest BCUT2D eigenvalue weighted by Gasteiger charge is -2.03.